The molecule has 0 aliphatic rings. The van der Waals surface area contributed by atoms with Gasteiger partial charge in [0.25, 0.3) is 0 Å². The van der Waals surface area contributed by atoms with Crippen LogP contribution in [0.1, 0.15) is 26.3 Å². The van der Waals surface area contributed by atoms with Gasteiger partial charge in [-0.15, -0.1) is 0 Å². The number of hydrogen-bond donors (Lipinski definition) is 1. The number of methoxy groups -OCH3 is 1. The lowest BCUT2D eigenvalue weighted by atomic mass is 10.0. The first-order valence-corrected chi connectivity index (χ1v) is 8.76. The van der Waals surface area contributed by atoms with Gasteiger partial charge in [-0.3, -0.25) is 0 Å². The number of benzene rings is 2. The van der Waals surface area contributed by atoms with E-state index in [1.54, 1.807) is 19.2 Å². The van der Waals surface area contributed by atoms with Gasteiger partial charge in [0.1, 0.15) is 17.2 Å². The van der Waals surface area contributed by atoms with Crippen molar-refractivity contribution in [1.82, 2.24) is 5.32 Å². The van der Waals surface area contributed by atoms with Crippen LogP contribution in [0.5, 0.6) is 5.75 Å². The van der Waals surface area contributed by atoms with Crippen LogP contribution in [0.15, 0.2) is 42.5 Å². The van der Waals surface area contributed by atoms with Crippen molar-refractivity contribution in [2.45, 2.75) is 32.8 Å². The Morgan fingerprint density at radius 1 is 1.11 bits per heavy atom. The van der Waals surface area contributed by atoms with Gasteiger partial charge in [-0.25, -0.2) is 9.18 Å². The SMILES string of the molecule is COCOc1ccc(CCNC(=O)OC(C)(C)C)cc1-c1ccc(F)cc1. The highest BCUT2D eigenvalue weighted by molar-refractivity contribution is 5.71. The summed E-state index contributed by atoms with van der Waals surface area (Å²) in [5.74, 6) is 0.350. The third-order valence-electron chi connectivity index (χ3n) is 3.61. The Labute approximate surface area is 159 Å². The summed E-state index contributed by atoms with van der Waals surface area (Å²) in [5.41, 5.74) is 2.15. The highest BCUT2D eigenvalue weighted by Gasteiger charge is 2.15. The largest absolute Gasteiger partial charge is 0.467 e. The van der Waals surface area contributed by atoms with Crippen molar-refractivity contribution < 1.29 is 23.4 Å². The number of halogens is 1. The first-order chi connectivity index (χ1) is 12.8. The van der Waals surface area contributed by atoms with E-state index in [0.717, 1.165) is 16.7 Å². The average Bonchev–Trinajstić information content (AvgIpc) is 2.59. The number of nitrogens with one attached hydrogen (secondary N) is 1. The van der Waals surface area contributed by atoms with Gasteiger partial charge in [-0.2, -0.15) is 0 Å². The van der Waals surface area contributed by atoms with E-state index in [4.69, 9.17) is 14.2 Å². The Balaban J connectivity index is 2.10. The van der Waals surface area contributed by atoms with Gasteiger partial charge in [-0.05, 0) is 62.6 Å². The minimum absolute atomic E-state index is 0.119. The molecule has 0 heterocycles. The zero-order valence-corrected chi connectivity index (χ0v) is 16.2. The number of ether oxygens (including phenoxy) is 3. The number of hydrogen-bond acceptors (Lipinski definition) is 4. The van der Waals surface area contributed by atoms with Crippen molar-refractivity contribution in [3.05, 3.63) is 53.8 Å². The van der Waals surface area contributed by atoms with Crippen molar-refractivity contribution in [1.29, 1.82) is 0 Å². The van der Waals surface area contributed by atoms with Crippen LogP contribution in [0, 0.1) is 5.82 Å². The molecule has 0 spiro atoms. The standard InChI is InChI=1S/C21H26FNO4/c1-21(2,3)27-20(24)23-12-11-15-5-10-19(26-14-25-4)18(13-15)16-6-8-17(22)9-7-16/h5-10,13H,11-12,14H2,1-4H3,(H,23,24). The number of amides is 1. The van der Waals surface area contributed by atoms with E-state index in [-0.39, 0.29) is 12.6 Å². The smallest absolute Gasteiger partial charge is 0.407 e. The summed E-state index contributed by atoms with van der Waals surface area (Å²) in [5, 5.41) is 2.74. The molecule has 2 aromatic carbocycles. The fourth-order valence-corrected chi connectivity index (χ4v) is 2.46. The van der Waals surface area contributed by atoms with E-state index in [1.165, 1.54) is 12.1 Å². The molecule has 1 amide bonds. The average molecular weight is 375 g/mol. The van der Waals surface area contributed by atoms with E-state index >= 15 is 0 Å². The summed E-state index contributed by atoms with van der Waals surface area (Å²) in [4.78, 5) is 11.7. The molecule has 5 nitrogen and oxygen atoms in total. The van der Waals surface area contributed by atoms with E-state index in [0.29, 0.717) is 18.7 Å². The number of alkyl carbamates (subject to hydrolysis) is 1. The van der Waals surface area contributed by atoms with E-state index in [9.17, 15) is 9.18 Å². The van der Waals surface area contributed by atoms with Crippen LogP contribution >= 0.6 is 0 Å². The molecule has 0 unspecified atom stereocenters. The fraction of sp³-hybridized carbons (Fsp3) is 0.381. The Morgan fingerprint density at radius 2 is 1.81 bits per heavy atom. The summed E-state index contributed by atoms with van der Waals surface area (Å²) in [6.45, 7) is 6.02. The zero-order valence-electron chi connectivity index (χ0n) is 16.2. The number of carbonyl (C=O) groups excluding carboxylic acids is 1. The summed E-state index contributed by atoms with van der Waals surface area (Å²) >= 11 is 0. The lowest BCUT2D eigenvalue weighted by Gasteiger charge is -2.19. The molecule has 2 aromatic rings. The Kier molecular flexibility index (Phi) is 7.19. The van der Waals surface area contributed by atoms with Crippen LogP contribution in [0.4, 0.5) is 9.18 Å². The van der Waals surface area contributed by atoms with Gasteiger partial charge in [0.2, 0.25) is 0 Å². The summed E-state index contributed by atoms with van der Waals surface area (Å²) in [6.07, 6.45) is 0.180. The van der Waals surface area contributed by atoms with Crippen LogP contribution in [0.2, 0.25) is 0 Å². The summed E-state index contributed by atoms with van der Waals surface area (Å²) < 4.78 is 29.1. The maximum Gasteiger partial charge on any atom is 0.407 e. The Morgan fingerprint density at radius 3 is 2.44 bits per heavy atom. The molecule has 0 bridgehead atoms. The minimum atomic E-state index is -0.528. The topological polar surface area (TPSA) is 56.8 Å². The van der Waals surface area contributed by atoms with Crippen molar-refractivity contribution in [3.8, 4) is 16.9 Å². The molecule has 146 valence electrons. The monoisotopic (exact) mass is 375 g/mol. The first kappa shape index (κ1) is 20.7. The third kappa shape index (κ3) is 6.90. The van der Waals surface area contributed by atoms with E-state index in [1.807, 2.05) is 39.0 Å². The van der Waals surface area contributed by atoms with Crippen LogP contribution in [-0.4, -0.2) is 32.1 Å². The molecule has 0 fully saturated rings. The van der Waals surface area contributed by atoms with Gasteiger partial charge < -0.3 is 19.5 Å². The maximum atomic E-state index is 13.2. The zero-order chi connectivity index (χ0) is 19.9. The van der Waals surface area contributed by atoms with Crippen LogP contribution in [0.3, 0.4) is 0 Å². The molecule has 0 saturated heterocycles. The van der Waals surface area contributed by atoms with Gasteiger partial charge in [-0.1, -0.05) is 18.2 Å². The molecular weight excluding hydrogens is 349 g/mol. The van der Waals surface area contributed by atoms with Gasteiger partial charge in [0.05, 0.1) is 0 Å². The molecule has 0 aromatic heterocycles. The van der Waals surface area contributed by atoms with E-state index < -0.39 is 11.7 Å². The lowest BCUT2D eigenvalue weighted by Crippen LogP contribution is -2.33. The van der Waals surface area contributed by atoms with Gasteiger partial charge >= 0.3 is 6.09 Å². The second-order valence-electron chi connectivity index (χ2n) is 7.07. The van der Waals surface area contributed by atoms with Gasteiger partial charge in [0, 0.05) is 19.2 Å². The molecule has 0 saturated carbocycles. The fourth-order valence-electron chi connectivity index (χ4n) is 2.46. The molecule has 6 heteroatoms. The minimum Gasteiger partial charge on any atom is -0.467 e. The predicted molar refractivity (Wildman–Crippen MR) is 102 cm³/mol. The van der Waals surface area contributed by atoms with Crippen molar-refractivity contribution in [2.24, 2.45) is 0 Å². The molecule has 2 rings (SSSR count). The van der Waals surface area contributed by atoms with E-state index in [2.05, 4.69) is 5.32 Å². The first-order valence-electron chi connectivity index (χ1n) is 8.76. The van der Waals surface area contributed by atoms with Gasteiger partial charge in [0.15, 0.2) is 6.79 Å². The second-order valence-corrected chi connectivity index (χ2v) is 7.07. The summed E-state index contributed by atoms with van der Waals surface area (Å²) in [6, 6.07) is 12.0. The highest BCUT2D eigenvalue weighted by atomic mass is 19.1. The van der Waals surface area contributed by atoms with Crippen LogP contribution < -0.4 is 10.1 Å². The van der Waals surface area contributed by atoms with Crippen molar-refractivity contribution in [3.63, 3.8) is 0 Å². The van der Waals surface area contributed by atoms with Crippen LogP contribution in [-0.2, 0) is 15.9 Å². The maximum absolute atomic E-state index is 13.2. The highest BCUT2D eigenvalue weighted by Crippen LogP contribution is 2.31. The molecule has 0 radical (unpaired) electrons. The molecule has 0 aliphatic heterocycles. The molecule has 1 N–H and O–H groups in total. The molecule has 0 aliphatic carbocycles. The third-order valence-corrected chi connectivity index (χ3v) is 3.61. The molecule has 27 heavy (non-hydrogen) atoms. The van der Waals surface area contributed by atoms with Crippen molar-refractivity contribution >= 4 is 6.09 Å². The normalized spacial score (nSPS) is 11.1. The van der Waals surface area contributed by atoms with Crippen LogP contribution in [0.25, 0.3) is 11.1 Å². The Bertz CT molecular complexity index is 754. The lowest BCUT2D eigenvalue weighted by molar-refractivity contribution is 0.0513. The number of rotatable bonds is 7. The number of carbonyl (C=O) groups is 1. The second kappa shape index (κ2) is 9.37. The summed E-state index contributed by atoms with van der Waals surface area (Å²) in [7, 11) is 1.55. The predicted octanol–water partition coefficient (Wildman–Crippen LogP) is 4.54. The molecule has 0 atom stereocenters. The van der Waals surface area contributed by atoms with Crippen molar-refractivity contribution in [2.75, 3.05) is 20.4 Å². The Hall–Kier alpha value is -2.60. The molecular formula is C21H26FNO4. The quantitative estimate of drug-likeness (QED) is 0.722.